The number of benzene rings is 1. The normalized spacial score (nSPS) is 21.4. The third-order valence-electron chi connectivity index (χ3n) is 5.52. The highest BCUT2D eigenvalue weighted by atomic mass is 16.5. The Morgan fingerprint density at radius 3 is 2.88 bits per heavy atom. The van der Waals surface area contributed by atoms with E-state index in [9.17, 15) is 4.79 Å². The highest BCUT2D eigenvalue weighted by molar-refractivity contribution is 6.07. The number of carbonyl (C=O) groups is 1. The number of pyridine rings is 1. The third kappa shape index (κ3) is 2.92. The van der Waals surface area contributed by atoms with Crippen molar-refractivity contribution in [1.29, 1.82) is 0 Å². The van der Waals surface area contributed by atoms with Crippen molar-refractivity contribution in [3.8, 4) is 0 Å². The standard InChI is InChI=1S/C20H25N3O2/c1-3-16-13(2)18(15-6-4-5-7-17(15)23-16)19(24)22-10-14-8-9-20(25-14)11-21-12-20/h4-7,14,21H,3,8-12H2,1-2H3,(H,22,24). The molecule has 0 saturated carbocycles. The molecule has 1 aromatic carbocycles. The van der Waals surface area contributed by atoms with Gasteiger partial charge in [-0.05, 0) is 37.8 Å². The zero-order valence-electron chi connectivity index (χ0n) is 14.9. The summed E-state index contributed by atoms with van der Waals surface area (Å²) in [5.41, 5.74) is 3.63. The van der Waals surface area contributed by atoms with Crippen molar-refractivity contribution in [3.05, 3.63) is 41.1 Å². The number of nitrogens with one attached hydrogen (secondary N) is 2. The van der Waals surface area contributed by atoms with Crippen molar-refractivity contribution in [2.75, 3.05) is 19.6 Å². The first-order valence-corrected chi connectivity index (χ1v) is 9.17. The van der Waals surface area contributed by atoms with Crippen molar-refractivity contribution in [2.24, 2.45) is 0 Å². The van der Waals surface area contributed by atoms with Crippen molar-refractivity contribution < 1.29 is 9.53 Å². The summed E-state index contributed by atoms with van der Waals surface area (Å²) in [5, 5.41) is 7.29. The van der Waals surface area contributed by atoms with E-state index in [1.54, 1.807) is 0 Å². The predicted molar refractivity (Wildman–Crippen MR) is 97.9 cm³/mol. The van der Waals surface area contributed by atoms with E-state index in [0.717, 1.165) is 60.1 Å². The molecule has 2 aliphatic heterocycles. The van der Waals surface area contributed by atoms with Crippen LogP contribution >= 0.6 is 0 Å². The minimum absolute atomic E-state index is 0.0258. The molecule has 1 atom stereocenters. The number of carbonyl (C=O) groups excluding carboxylic acids is 1. The number of fused-ring (bicyclic) bond motifs is 1. The van der Waals surface area contributed by atoms with Gasteiger partial charge in [0.2, 0.25) is 0 Å². The summed E-state index contributed by atoms with van der Waals surface area (Å²) in [7, 11) is 0. The van der Waals surface area contributed by atoms with Gasteiger partial charge in [0, 0.05) is 30.7 Å². The lowest BCUT2D eigenvalue weighted by molar-refractivity contribution is -0.0715. The van der Waals surface area contributed by atoms with Crippen LogP contribution in [0.4, 0.5) is 0 Å². The summed E-state index contributed by atoms with van der Waals surface area (Å²) in [5.74, 6) is -0.0258. The van der Waals surface area contributed by atoms with E-state index in [1.807, 2.05) is 31.2 Å². The lowest BCUT2D eigenvalue weighted by Crippen LogP contribution is -2.59. The summed E-state index contributed by atoms with van der Waals surface area (Å²) in [4.78, 5) is 17.6. The van der Waals surface area contributed by atoms with Crippen LogP contribution in [0.3, 0.4) is 0 Å². The van der Waals surface area contributed by atoms with Gasteiger partial charge in [0.05, 0.1) is 22.8 Å². The number of aromatic nitrogens is 1. The van der Waals surface area contributed by atoms with E-state index in [2.05, 4.69) is 17.6 Å². The minimum atomic E-state index is -0.0258. The van der Waals surface area contributed by atoms with Gasteiger partial charge in [-0.2, -0.15) is 0 Å². The number of para-hydroxylation sites is 1. The Bertz CT molecular complexity index is 814. The molecule has 1 amide bonds. The molecule has 1 unspecified atom stereocenters. The van der Waals surface area contributed by atoms with Crippen molar-refractivity contribution in [3.63, 3.8) is 0 Å². The zero-order chi connectivity index (χ0) is 17.4. The molecule has 0 bridgehead atoms. The molecule has 4 rings (SSSR count). The first-order valence-electron chi connectivity index (χ1n) is 9.17. The van der Waals surface area contributed by atoms with Crippen molar-refractivity contribution in [2.45, 2.75) is 44.8 Å². The average Bonchev–Trinajstić information content (AvgIpc) is 3.04. The van der Waals surface area contributed by atoms with Gasteiger partial charge in [-0.1, -0.05) is 25.1 Å². The molecule has 2 N–H and O–H groups in total. The number of ether oxygens (including phenoxy) is 1. The zero-order valence-corrected chi connectivity index (χ0v) is 14.9. The van der Waals surface area contributed by atoms with Gasteiger partial charge < -0.3 is 15.4 Å². The van der Waals surface area contributed by atoms with Crippen LogP contribution in [0, 0.1) is 6.92 Å². The van der Waals surface area contributed by atoms with Gasteiger partial charge in [0.1, 0.15) is 0 Å². The summed E-state index contributed by atoms with van der Waals surface area (Å²) in [6, 6.07) is 7.87. The van der Waals surface area contributed by atoms with Gasteiger partial charge in [-0.25, -0.2) is 0 Å². The Hall–Kier alpha value is -1.98. The Balaban J connectivity index is 1.54. The lowest BCUT2D eigenvalue weighted by Gasteiger charge is -2.38. The van der Waals surface area contributed by atoms with Crippen LogP contribution in [0.2, 0.25) is 0 Å². The van der Waals surface area contributed by atoms with Crippen LogP contribution in [0.25, 0.3) is 10.9 Å². The van der Waals surface area contributed by atoms with Crippen molar-refractivity contribution >= 4 is 16.8 Å². The summed E-state index contributed by atoms with van der Waals surface area (Å²) < 4.78 is 6.14. The molecule has 1 spiro atoms. The second-order valence-corrected chi connectivity index (χ2v) is 7.20. The van der Waals surface area contributed by atoms with Crippen LogP contribution < -0.4 is 10.6 Å². The number of hydrogen-bond acceptors (Lipinski definition) is 4. The molecule has 2 saturated heterocycles. The number of hydrogen-bond donors (Lipinski definition) is 2. The molecule has 132 valence electrons. The average molecular weight is 339 g/mol. The molecule has 2 aromatic rings. The van der Waals surface area contributed by atoms with Gasteiger partial charge in [-0.3, -0.25) is 9.78 Å². The summed E-state index contributed by atoms with van der Waals surface area (Å²) in [6.45, 7) is 6.51. The van der Waals surface area contributed by atoms with E-state index in [-0.39, 0.29) is 17.6 Å². The number of rotatable bonds is 4. The van der Waals surface area contributed by atoms with Crippen LogP contribution in [0.15, 0.2) is 24.3 Å². The molecule has 5 nitrogen and oxygen atoms in total. The number of nitrogens with zero attached hydrogens (tertiary/aromatic N) is 1. The van der Waals surface area contributed by atoms with E-state index < -0.39 is 0 Å². The van der Waals surface area contributed by atoms with Gasteiger partial charge in [-0.15, -0.1) is 0 Å². The van der Waals surface area contributed by atoms with Gasteiger partial charge in [0.15, 0.2) is 0 Å². The van der Waals surface area contributed by atoms with E-state index >= 15 is 0 Å². The lowest BCUT2D eigenvalue weighted by atomic mass is 9.93. The molecular weight excluding hydrogens is 314 g/mol. The van der Waals surface area contributed by atoms with Crippen molar-refractivity contribution in [1.82, 2.24) is 15.6 Å². The Morgan fingerprint density at radius 1 is 1.40 bits per heavy atom. The quantitative estimate of drug-likeness (QED) is 0.898. The van der Waals surface area contributed by atoms with E-state index in [0.29, 0.717) is 6.54 Å². The monoisotopic (exact) mass is 339 g/mol. The molecule has 0 radical (unpaired) electrons. The molecule has 3 heterocycles. The van der Waals surface area contributed by atoms with Crippen LogP contribution in [-0.4, -0.2) is 42.2 Å². The minimum Gasteiger partial charge on any atom is -0.367 e. The second-order valence-electron chi connectivity index (χ2n) is 7.20. The summed E-state index contributed by atoms with van der Waals surface area (Å²) >= 11 is 0. The first kappa shape index (κ1) is 16.5. The maximum Gasteiger partial charge on any atom is 0.252 e. The van der Waals surface area contributed by atoms with Crippen LogP contribution in [-0.2, 0) is 11.2 Å². The molecule has 0 aliphatic carbocycles. The fourth-order valence-electron chi connectivity index (χ4n) is 3.99. The Morgan fingerprint density at radius 2 is 2.20 bits per heavy atom. The number of amides is 1. The molecular formula is C20H25N3O2. The number of aryl methyl sites for hydroxylation is 1. The maximum atomic E-state index is 12.9. The first-order chi connectivity index (χ1) is 12.1. The molecule has 2 fully saturated rings. The SMILES string of the molecule is CCc1nc2ccccc2c(C(=O)NCC2CCC3(CNC3)O2)c1C. The van der Waals surface area contributed by atoms with E-state index in [4.69, 9.17) is 9.72 Å². The summed E-state index contributed by atoms with van der Waals surface area (Å²) in [6.07, 6.45) is 3.03. The molecule has 5 heteroatoms. The maximum absolute atomic E-state index is 12.9. The molecule has 1 aromatic heterocycles. The molecule has 2 aliphatic rings. The largest absolute Gasteiger partial charge is 0.367 e. The fraction of sp³-hybridized carbons (Fsp3) is 0.500. The van der Waals surface area contributed by atoms with Gasteiger partial charge in [0.25, 0.3) is 5.91 Å². The van der Waals surface area contributed by atoms with Gasteiger partial charge >= 0.3 is 0 Å². The van der Waals surface area contributed by atoms with E-state index in [1.165, 1.54) is 0 Å². The van der Waals surface area contributed by atoms with Crippen LogP contribution in [0.1, 0.15) is 41.4 Å². The highest BCUT2D eigenvalue weighted by Gasteiger charge is 2.44. The Kier molecular flexibility index (Phi) is 4.21. The third-order valence-corrected chi connectivity index (χ3v) is 5.52. The Labute approximate surface area is 148 Å². The highest BCUT2D eigenvalue weighted by Crippen LogP contribution is 2.33. The smallest absolute Gasteiger partial charge is 0.252 e. The predicted octanol–water partition coefficient (Wildman–Crippen LogP) is 2.36. The second kappa shape index (κ2) is 6.39. The molecule has 25 heavy (non-hydrogen) atoms. The topological polar surface area (TPSA) is 63.2 Å². The fourth-order valence-corrected chi connectivity index (χ4v) is 3.99. The van der Waals surface area contributed by atoms with Crippen LogP contribution in [0.5, 0.6) is 0 Å².